The van der Waals surface area contributed by atoms with Crippen molar-refractivity contribution in [1.82, 2.24) is 0 Å². The average Bonchev–Trinajstić information content (AvgIpc) is 2.46. The summed E-state index contributed by atoms with van der Waals surface area (Å²) in [4.78, 5) is 2.36. The first kappa shape index (κ1) is 15.2. The van der Waals surface area contributed by atoms with Gasteiger partial charge in [-0.25, -0.2) is 8.42 Å². The predicted molar refractivity (Wildman–Crippen MR) is 84.8 cm³/mol. The van der Waals surface area contributed by atoms with E-state index in [2.05, 4.69) is 9.62 Å². The topological polar surface area (TPSA) is 49.4 Å². The number of sulfonamides is 1. The Balaban J connectivity index is 1.97. The average molecular weight is 296 g/mol. The number of piperidine rings is 1. The Kier molecular flexibility index (Phi) is 5.29. The number of benzene rings is 1. The number of hydrogen-bond donors (Lipinski definition) is 1. The fourth-order valence-corrected chi connectivity index (χ4v) is 3.72. The molecule has 1 N–H and O–H groups in total. The molecule has 1 saturated heterocycles. The Morgan fingerprint density at radius 3 is 2.35 bits per heavy atom. The second kappa shape index (κ2) is 6.97. The van der Waals surface area contributed by atoms with Crippen LogP contribution < -0.4 is 9.62 Å². The number of nitrogens with zero attached hydrogens (tertiary/aromatic N) is 1. The predicted octanol–water partition coefficient (Wildman–Crippen LogP) is 3.22. The SMILES string of the molecule is CCCCS(=O)(=O)Nc1ccc(N2CCCCC2)cc1. The molecular weight excluding hydrogens is 272 g/mol. The van der Waals surface area contributed by atoms with Crippen LogP contribution in [0.2, 0.25) is 0 Å². The van der Waals surface area contributed by atoms with E-state index >= 15 is 0 Å². The molecule has 0 bridgehead atoms. The lowest BCUT2D eigenvalue weighted by molar-refractivity contribution is 0.578. The maximum absolute atomic E-state index is 11.8. The summed E-state index contributed by atoms with van der Waals surface area (Å²) in [6.07, 6.45) is 5.37. The van der Waals surface area contributed by atoms with Crippen molar-refractivity contribution >= 4 is 21.4 Å². The van der Waals surface area contributed by atoms with Crippen molar-refractivity contribution in [2.24, 2.45) is 0 Å². The number of rotatable bonds is 6. The molecule has 0 spiro atoms. The Morgan fingerprint density at radius 2 is 1.75 bits per heavy atom. The second-order valence-corrected chi connectivity index (χ2v) is 7.21. The van der Waals surface area contributed by atoms with Gasteiger partial charge in [0.25, 0.3) is 0 Å². The molecule has 1 fully saturated rings. The van der Waals surface area contributed by atoms with Gasteiger partial charge in [-0.05, 0) is 49.9 Å². The zero-order valence-electron chi connectivity index (χ0n) is 12.1. The van der Waals surface area contributed by atoms with Crippen molar-refractivity contribution in [2.45, 2.75) is 39.0 Å². The Hall–Kier alpha value is -1.23. The van der Waals surface area contributed by atoms with Gasteiger partial charge in [0.1, 0.15) is 0 Å². The number of nitrogens with one attached hydrogen (secondary N) is 1. The number of unbranched alkanes of at least 4 members (excludes halogenated alkanes) is 1. The third kappa shape index (κ3) is 4.40. The molecule has 0 aromatic heterocycles. The molecule has 0 radical (unpaired) electrons. The van der Waals surface area contributed by atoms with E-state index < -0.39 is 10.0 Å². The molecule has 1 aromatic carbocycles. The summed E-state index contributed by atoms with van der Waals surface area (Å²) < 4.78 is 26.3. The maximum Gasteiger partial charge on any atom is 0.232 e. The minimum absolute atomic E-state index is 0.192. The lowest BCUT2D eigenvalue weighted by Crippen LogP contribution is -2.29. The minimum Gasteiger partial charge on any atom is -0.372 e. The molecule has 1 aliphatic rings. The van der Waals surface area contributed by atoms with Crippen LogP contribution in [0.5, 0.6) is 0 Å². The Labute approximate surface area is 122 Å². The van der Waals surface area contributed by atoms with Crippen molar-refractivity contribution in [3.63, 3.8) is 0 Å². The zero-order chi connectivity index (χ0) is 14.4. The van der Waals surface area contributed by atoms with Gasteiger partial charge in [-0.2, -0.15) is 0 Å². The third-order valence-corrected chi connectivity index (χ3v) is 5.00. The van der Waals surface area contributed by atoms with Gasteiger partial charge in [0.15, 0.2) is 0 Å². The van der Waals surface area contributed by atoms with E-state index in [0.29, 0.717) is 12.1 Å². The van der Waals surface area contributed by atoms with Gasteiger partial charge in [0, 0.05) is 24.5 Å². The smallest absolute Gasteiger partial charge is 0.232 e. The van der Waals surface area contributed by atoms with Gasteiger partial charge in [-0.15, -0.1) is 0 Å². The Bertz CT molecular complexity index is 505. The first-order valence-corrected chi connectivity index (χ1v) is 9.11. The second-order valence-electron chi connectivity index (χ2n) is 5.37. The monoisotopic (exact) mass is 296 g/mol. The molecule has 5 heteroatoms. The highest BCUT2D eigenvalue weighted by Crippen LogP contribution is 2.22. The van der Waals surface area contributed by atoms with Gasteiger partial charge < -0.3 is 4.90 Å². The maximum atomic E-state index is 11.8. The fourth-order valence-electron chi connectivity index (χ4n) is 2.46. The summed E-state index contributed by atoms with van der Waals surface area (Å²) in [6, 6.07) is 7.72. The molecule has 0 atom stereocenters. The molecule has 0 amide bonds. The number of hydrogen-bond acceptors (Lipinski definition) is 3. The van der Waals surface area contributed by atoms with Crippen molar-refractivity contribution in [2.75, 3.05) is 28.5 Å². The first-order valence-electron chi connectivity index (χ1n) is 7.46. The highest BCUT2D eigenvalue weighted by molar-refractivity contribution is 7.92. The van der Waals surface area contributed by atoms with Crippen LogP contribution in [0.4, 0.5) is 11.4 Å². The number of anilines is 2. The van der Waals surface area contributed by atoms with Crippen molar-refractivity contribution in [3.05, 3.63) is 24.3 Å². The molecule has 2 rings (SSSR count). The first-order chi connectivity index (χ1) is 9.61. The standard InChI is InChI=1S/C15H24N2O2S/c1-2-3-13-20(18,19)16-14-7-9-15(10-8-14)17-11-5-4-6-12-17/h7-10,16H,2-6,11-13H2,1H3. The quantitative estimate of drug-likeness (QED) is 0.877. The van der Waals surface area contributed by atoms with Crippen LogP contribution >= 0.6 is 0 Å². The largest absolute Gasteiger partial charge is 0.372 e. The van der Waals surface area contributed by atoms with Crippen LogP contribution in [0.1, 0.15) is 39.0 Å². The molecule has 0 unspecified atom stereocenters. The van der Waals surface area contributed by atoms with E-state index in [0.717, 1.165) is 19.5 Å². The normalized spacial score (nSPS) is 16.1. The summed E-state index contributed by atoms with van der Waals surface area (Å²) in [6.45, 7) is 4.19. The molecule has 1 aromatic rings. The van der Waals surface area contributed by atoms with E-state index in [9.17, 15) is 8.42 Å². The van der Waals surface area contributed by atoms with Gasteiger partial charge in [-0.1, -0.05) is 13.3 Å². The van der Waals surface area contributed by atoms with Crippen LogP contribution in [-0.2, 0) is 10.0 Å². The van der Waals surface area contributed by atoms with Crippen LogP contribution in [0.25, 0.3) is 0 Å². The van der Waals surface area contributed by atoms with Gasteiger partial charge >= 0.3 is 0 Å². The van der Waals surface area contributed by atoms with E-state index in [1.807, 2.05) is 31.2 Å². The summed E-state index contributed by atoms with van der Waals surface area (Å²) in [5.41, 5.74) is 1.84. The van der Waals surface area contributed by atoms with Crippen molar-refractivity contribution < 1.29 is 8.42 Å². The molecule has 20 heavy (non-hydrogen) atoms. The molecule has 112 valence electrons. The molecule has 0 aliphatic carbocycles. The van der Waals surface area contributed by atoms with Crippen molar-refractivity contribution in [3.8, 4) is 0 Å². The van der Waals surface area contributed by atoms with Crippen LogP contribution in [0, 0.1) is 0 Å². The zero-order valence-corrected chi connectivity index (χ0v) is 13.0. The molecule has 0 saturated carbocycles. The summed E-state index contributed by atoms with van der Waals surface area (Å²) in [7, 11) is -3.20. The van der Waals surface area contributed by atoms with Gasteiger partial charge in [0.2, 0.25) is 10.0 Å². The minimum atomic E-state index is -3.20. The van der Waals surface area contributed by atoms with Crippen LogP contribution in [0.15, 0.2) is 24.3 Å². The highest BCUT2D eigenvalue weighted by Gasteiger charge is 2.12. The van der Waals surface area contributed by atoms with Crippen LogP contribution in [0.3, 0.4) is 0 Å². The van der Waals surface area contributed by atoms with Gasteiger partial charge in [0.05, 0.1) is 5.75 Å². The molecule has 1 aliphatic heterocycles. The lowest BCUT2D eigenvalue weighted by Gasteiger charge is -2.28. The molecule has 4 nitrogen and oxygen atoms in total. The summed E-state index contributed by atoms with van der Waals surface area (Å²) >= 11 is 0. The van der Waals surface area contributed by atoms with E-state index in [-0.39, 0.29) is 5.75 Å². The summed E-state index contributed by atoms with van der Waals surface area (Å²) in [5, 5.41) is 0. The van der Waals surface area contributed by atoms with Gasteiger partial charge in [-0.3, -0.25) is 4.72 Å². The van der Waals surface area contributed by atoms with E-state index in [4.69, 9.17) is 0 Å². The van der Waals surface area contributed by atoms with Crippen LogP contribution in [-0.4, -0.2) is 27.3 Å². The summed E-state index contributed by atoms with van der Waals surface area (Å²) in [5.74, 6) is 0.192. The van der Waals surface area contributed by atoms with E-state index in [1.165, 1.54) is 24.9 Å². The lowest BCUT2D eigenvalue weighted by atomic mass is 10.1. The third-order valence-electron chi connectivity index (χ3n) is 3.63. The molecular formula is C15H24N2O2S. The van der Waals surface area contributed by atoms with Crippen molar-refractivity contribution in [1.29, 1.82) is 0 Å². The highest BCUT2D eigenvalue weighted by atomic mass is 32.2. The van der Waals surface area contributed by atoms with E-state index in [1.54, 1.807) is 0 Å². The molecule has 1 heterocycles. The Morgan fingerprint density at radius 1 is 1.10 bits per heavy atom. The fraction of sp³-hybridized carbons (Fsp3) is 0.600.